The molecule has 0 aliphatic heterocycles. The van der Waals surface area contributed by atoms with E-state index in [4.69, 9.17) is 5.11 Å². The van der Waals surface area contributed by atoms with Crippen LogP contribution in [0.1, 0.15) is 19.4 Å². The predicted molar refractivity (Wildman–Crippen MR) is 58.1 cm³/mol. The van der Waals surface area contributed by atoms with Gasteiger partial charge in [0.2, 0.25) is 0 Å². The summed E-state index contributed by atoms with van der Waals surface area (Å²) >= 11 is 3.15. The number of halogens is 1. The molecule has 0 unspecified atom stereocenters. The molecule has 0 atom stereocenters. The molecule has 4 nitrogen and oxygen atoms in total. The molecule has 82 valence electrons. The molecule has 0 spiro atoms. The van der Waals surface area contributed by atoms with E-state index in [2.05, 4.69) is 15.9 Å². The van der Waals surface area contributed by atoms with Crippen molar-refractivity contribution < 1.29 is 20.1 Å². The van der Waals surface area contributed by atoms with Crippen LogP contribution in [0.4, 0.5) is 0 Å². The Bertz CT molecular complexity index is 412. The lowest BCUT2D eigenvalue weighted by atomic mass is 9.84. The summed E-state index contributed by atoms with van der Waals surface area (Å²) in [5, 5.41) is 27.5. The number of carboxylic acid groups (broad SMARTS) is 1. The van der Waals surface area contributed by atoms with Crippen molar-refractivity contribution in [3.8, 4) is 11.5 Å². The van der Waals surface area contributed by atoms with Gasteiger partial charge in [-0.25, -0.2) is 0 Å². The van der Waals surface area contributed by atoms with Gasteiger partial charge in [0.1, 0.15) is 0 Å². The number of carboxylic acids is 1. The van der Waals surface area contributed by atoms with Crippen molar-refractivity contribution in [2.75, 3.05) is 0 Å². The number of phenolic OH excluding ortho intramolecular Hbond substituents is 2. The van der Waals surface area contributed by atoms with Crippen molar-refractivity contribution in [3.05, 3.63) is 22.2 Å². The van der Waals surface area contributed by atoms with Gasteiger partial charge in [0.15, 0.2) is 11.5 Å². The Balaban J connectivity index is 3.38. The number of rotatable bonds is 2. The van der Waals surface area contributed by atoms with Crippen LogP contribution in [0.5, 0.6) is 11.5 Å². The zero-order valence-electron chi connectivity index (χ0n) is 8.28. The second-order valence-electron chi connectivity index (χ2n) is 3.75. The van der Waals surface area contributed by atoms with E-state index in [0.717, 1.165) is 0 Å². The number of hydrogen-bond donors (Lipinski definition) is 3. The molecule has 1 rings (SSSR count). The van der Waals surface area contributed by atoms with Gasteiger partial charge < -0.3 is 15.3 Å². The van der Waals surface area contributed by atoms with E-state index in [1.165, 1.54) is 26.0 Å². The lowest BCUT2D eigenvalue weighted by molar-refractivity contribution is -0.142. The van der Waals surface area contributed by atoms with Crippen LogP contribution in [0, 0.1) is 0 Å². The Morgan fingerprint density at radius 2 is 1.73 bits per heavy atom. The first-order chi connectivity index (χ1) is 6.76. The van der Waals surface area contributed by atoms with Crippen LogP contribution in [-0.2, 0) is 10.2 Å². The highest BCUT2D eigenvalue weighted by Crippen LogP contribution is 2.37. The largest absolute Gasteiger partial charge is 0.504 e. The Kier molecular flexibility index (Phi) is 2.95. The third kappa shape index (κ3) is 2.07. The van der Waals surface area contributed by atoms with Crippen LogP contribution in [0.2, 0.25) is 0 Å². The standard InChI is InChI=1S/C10H11BrO4/c1-10(2,9(14)15)5-3-7(12)8(13)4-6(5)11/h3-4,12-13H,1-2H3,(H,14,15). The highest BCUT2D eigenvalue weighted by molar-refractivity contribution is 9.10. The van der Waals surface area contributed by atoms with Crippen molar-refractivity contribution in [3.63, 3.8) is 0 Å². The molecule has 0 aliphatic rings. The van der Waals surface area contributed by atoms with Gasteiger partial charge in [-0.15, -0.1) is 0 Å². The van der Waals surface area contributed by atoms with E-state index in [1.54, 1.807) is 0 Å². The topological polar surface area (TPSA) is 77.8 Å². The van der Waals surface area contributed by atoms with E-state index in [0.29, 0.717) is 10.0 Å². The summed E-state index contributed by atoms with van der Waals surface area (Å²) in [6.07, 6.45) is 0. The maximum absolute atomic E-state index is 11.0. The molecule has 1 aromatic carbocycles. The predicted octanol–water partition coefficient (Wildman–Crippen LogP) is 2.22. The number of carbonyl (C=O) groups is 1. The van der Waals surface area contributed by atoms with Crippen molar-refractivity contribution >= 4 is 21.9 Å². The number of phenols is 2. The first kappa shape index (κ1) is 11.8. The summed E-state index contributed by atoms with van der Waals surface area (Å²) < 4.78 is 0.449. The second kappa shape index (κ2) is 3.73. The zero-order valence-corrected chi connectivity index (χ0v) is 9.87. The monoisotopic (exact) mass is 274 g/mol. The van der Waals surface area contributed by atoms with E-state index >= 15 is 0 Å². The highest BCUT2D eigenvalue weighted by atomic mass is 79.9. The van der Waals surface area contributed by atoms with Crippen LogP contribution in [0.15, 0.2) is 16.6 Å². The summed E-state index contributed by atoms with van der Waals surface area (Å²) in [6, 6.07) is 2.52. The Morgan fingerprint density at radius 1 is 1.27 bits per heavy atom. The average molecular weight is 275 g/mol. The van der Waals surface area contributed by atoms with Gasteiger partial charge in [-0.3, -0.25) is 4.79 Å². The molecular formula is C10H11BrO4. The molecule has 0 aromatic heterocycles. The minimum Gasteiger partial charge on any atom is -0.504 e. The molecule has 0 aliphatic carbocycles. The minimum atomic E-state index is -1.13. The molecule has 1 aromatic rings. The first-order valence-corrected chi connectivity index (χ1v) is 5.01. The smallest absolute Gasteiger partial charge is 0.313 e. The van der Waals surface area contributed by atoms with Crippen LogP contribution < -0.4 is 0 Å². The van der Waals surface area contributed by atoms with Gasteiger partial charge in [0.05, 0.1) is 5.41 Å². The molecule has 3 N–H and O–H groups in total. The lowest BCUT2D eigenvalue weighted by Gasteiger charge is -2.21. The number of aliphatic carboxylic acids is 1. The van der Waals surface area contributed by atoms with Crippen LogP contribution in [0.3, 0.4) is 0 Å². The Morgan fingerprint density at radius 3 is 2.20 bits per heavy atom. The molecule has 0 radical (unpaired) electrons. The molecule has 0 saturated heterocycles. The van der Waals surface area contributed by atoms with E-state index in [1.807, 2.05) is 0 Å². The van der Waals surface area contributed by atoms with E-state index in [-0.39, 0.29) is 11.5 Å². The van der Waals surface area contributed by atoms with Crippen molar-refractivity contribution in [1.29, 1.82) is 0 Å². The second-order valence-corrected chi connectivity index (χ2v) is 4.61. The number of aromatic hydroxyl groups is 2. The fraction of sp³-hybridized carbons (Fsp3) is 0.300. The molecule has 0 bridgehead atoms. The SMILES string of the molecule is CC(C)(C(=O)O)c1cc(O)c(O)cc1Br. The summed E-state index contributed by atoms with van der Waals surface area (Å²) in [5.41, 5.74) is -0.727. The fourth-order valence-corrected chi connectivity index (χ4v) is 1.97. The molecule has 0 amide bonds. The van der Waals surface area contributed by atoms with Crippen LogP contribution >= 0.6 is 15.9 Å². The van der Waals surface area contributed by atoms with Gasteiger partial charge in [-0.05, 0) is 31.5 Å². The maximum atomic E-state index is 11.0. The third-order valence-corrected chi connectivity index (χ3v) is 2.93. The van der Waals surface area contributed by atoms with Gasteiger partial charge in [-0.1, -0.05) is 15.9 Å². The molecule has 5 heteroatoms. The van der Waals surface area contributed by atoms with Crippen LogP contribution in [-0.4, -0.2) is 21.3 Å². The molecule has 0 fully saturated rings. The normalized spacial score (nSPS) is 11.4. The summed E-state index contributed by atoms with van der Waals surface area (Å²) in [5.74, 6) is -1.62. The van der Waals surface area contributed by atoms with E-state index < -0.39 is 11.4 Å². The molecule has 0 heterocycles. The van der Waals surface area contributed by atoms with Crippen molar-refractivity contribution in [1.82, 2.24) is 0 Å². The molecule has 15 heavy (non-hydrogen) atoms. The Labute approximate surface area is 95.3 Å². The average Bonchev–Trinajstić information content (AvgIpc) is 2.10. The van der Waals surface area contributed by atoms with Crippen molar-refractivity contribution in [2.24, 2.45) is 0 Å². The Hall–Kier alpha value is -1.23. The lowest BCUT2D eigenvalue weighted by Crippen LogP contribution is -2.28. The van der Waals surface area contributed by atoms with Gasteiger partial charge in [0.25, 0.3) is 0 Å². The van der Waals surface area contributed by atoms with Crippen molar-refractivity contribution in [2.45, 2.75) is 19.3 Å². The summed E-state index contributed by atoms with van der Waals surface area (Å²) in [6.45, 7) is 3.04. The third-order valence-electron chi connectivity index (χ3n) is 2.27. The van der Waals surface area contributed by atoms with Gasteiger partial charge in [0, 0.05) is 4.47 Å². The minimum absolute atomic E-state index is 0.285. The van der Waals surface area contributed by atoms with Crippen LogP contribution in [0.25, 0.3) is 0 Å². The van der Waals surface area contributed by atoms with Gasteiger partial charge >= 0.3 is 5.97 Å². The first-order valence-electron chi connectivity index (χ1n) is 4.22. The summed E-state index contributed by atoms with van der Waals surface area (Å²) in [4.78, 5) is 11.0. The quantitative estimate of drug-likeness (QED) is 0.723. The molecular weight excluding hydrogens is 264 g/mol. The maximum Gasteiger partial charge on any atom is 0.313 e. The fourth-order valence-electron chi connectivity index (χ4n) is 1.15. The van der Waals surface area contributed by atoms with E-state index in [9.17, 15) is 15.0 Å². The zero-order chi connectivity index (χ0) is 11.8. The summed E-state index contributed by atoms with van der Waals surface area (Å²) in [7, 11) is 0. The highest BCUT2D eigenvalue weighted by Gasteiger charge is 2.32. The number of hydrogen-bond acceptors (Lipinski definition) is 3. The molecule has 0 saturated carbocycles. The number of benzene rings is 1. The van der Waals surface area contributed by atoms with Gasteiger partial charge in [-0.2, -0.15) is 0 Å².